The van der Waals surface area contributed by atoms with E-state index in [-0.39, 0.29) is 13.2 Å². The molecule has 0 aromatic carbocycles. The smallest absolute Gasteiger partial charge is 0.408 e. The molecule has 112 valence electrons. The van der Waals surface area contributed by atoms with E-state index >= 15 is 0 Å². The van der Waals surface area contributed by atoms with Gasteiger partial charge in [0.25, 0.3) is 0 Å². The van der Waals surface area contributed by atoms with Crippen LogP contribution in [0.2, 0.25) is 0 Å². The van der Waals surface area contributed by atoms with Crippen molar-refractivity contribution in [2.24, 2.45) is 0 Å². The molecule has 0 rings (SSSR count). The van der Waals surface area contributed by atoms with Crippen LogP contribution in [0.4, 0.5) is 4.79 Å². The number of ether oxygens (including phenoxy) is 1. The van der Waals surface area contributed by atoms with Gasteiger partial charge in [0.05, 0.1) is 13.2 Å². The summed E-state index contributed by atoms with van der Waals surface area (Å²) in [5.41, 5.74) is -0.642. The summed E-state index contributed by atoms with van der Waals surface area (Å²) in [5.74, 6) is -0.942. The van der Waals surface area contributed by atoms with Crippen LogP contribution in [0.5, 0.6) is 0 Å². The third-order valence-corrected chi connectivity index (χ3v) is 4.10. The standard InChI is InChI=1S/C12H24NO5P/c1-7-10(13-11(14)18-12(4,5)6)19(15,16-8-2)17-9-3/h7,10H,1,8-9H2,2-6H3,(H,13,14)/t10-/m0/s1. The molecule has 6 nitrogen and oxygen atoms in total. The Morgan fingerprint density at radius 1 is 1.32 bits per heavy atom. The highest BCUT2D eigenvalue weighted by atomic mass is 31.2. The molecule has 0 saturated carbocycles. The summed E-state index contributed by atoms with van der Waals surface area (Å²) in [6.45, 7) is 12.5. The third-order valence-electron chi connectivity index (χ3n) is 1.85. The van der Waals surface area contributed by atoms with Gasteiger partial charge in [-0.3, -0.25) is 4.57 Å². The van der Waals surface area contributed by atoms with Crippen LogP contribution in [0.15, 0.2) is 12.7 Å². The van der Waals surface area contributed by atoms with Crippen molar-refractivity contribution in [3.05, 3.63) is 12.7 Å². The molecule has 0 aromatic heterocycles. The zero-order valence-electron chi connectivity index (χ0n) is 12.3. The highest BCUT2D eigenvalue weighted by molar-refractivity contribution is 7.54. The van der Waals surface area contributed by atoms with Crippen molar-refractivity contribution in [1.82, 2.24) is 5.32 Å². The zero-order chi connectivity index (χ0) is 15.1. The van der Waals surface area contributed by atoms with Gasteiger partial charge in [-0.25, -0.2) is 4.79 Å². The second-order valence-corrected chi connectivity index (χ2v) is 6.85. The first-order valence-electron chi connectivity index (χ1n) is 6.19. The summed E-state index contributed by atoms with van der Waals surface area (Å²) in [6.07, 6.45) is 0.618. The molecular weight excluding hydrogens is 269 g/mol. The van der Waals surface area contributed by atoms with Gasteiger partial charge in [-0.15, -0.1) is 6.58 Å². The van der Waals surface area contributed by atoms with Crippen molar-refractivity contribution in [3.63, 3.8) is 0 Å². The largest absolute Gasteiger partial charge is 0.444 e. The number of carbonyl (C=O) groups is 1. The molecule has 0 unspecified atom stereocenters. The van der Waals surface area contributed by atoms with Gasteiger partial charge < -0.3 is 19.1 Å². The Kier molecular flexibility index (Phi) is 7.34. The normalized spacial score (nSPS) is 13.7. The molecule has 0 spiro atoms. The van der Waals surface area contributed by atoms with Crippen molar-refractivity contribution in [1.29, 1.82) is 0 Å². The summed E-state index contributed by atoms with van der Waals surface area (Å²) >= 11 is 0. The summed E-state index contributed by atoms with van der Waals surface area (Å²) < 4.78 is 27.8. The number of amides is 1. The number of rotatable bonds is 7. The minimum absolute atomic E-state index is 0.206. The van der Waals surface area contributed by atoms with E-state index in [0.717, 1.165) is 0 Å². The molecule has 1 amide bonds. The fraction of sp³-hybridized carbons (Fsp3) is 0.750. The zero-order valence-corrected chi connectivity index (χ0v) is 13.2. The fourth-order valence-corrected chi connectivity index (χ4v) is 2.89. The molecule has 0 fully saturated rings. The Morgan fingerprint density at radius 3 is 2.11 bits per heavy atom. The van der Waals surface area contributed by atoms with Crippen LogP contribution in [0.1, 0.15) is 34.6 Å². The van der Waals surface area contributed by atoms with Crippen LogP contribution in [0.3, 0.4) is 0 Å². The van der Waals surface area contributed by atoms with E-state index < -0.39 is 25.1 Å². The Morgan fingerprint density at radius 2 is 1.79 bits per heavy atom. The molecule has 0 saturated heterocycles. The van der Waals surface area contributed by atoms with Gasteiger partial charge in [-0.1, -0.05) is 6.08 Å². The van der Waals surface area contributed by atoms with Crippen molar-refractivity contribution >= 4 is 13.7 Å². The summed E-state index contributed by atoms with van der Waals surface area (Å²) in [4.78, 5) is 11.7. The summed E-state index contributed by atoms with van der Waals surface area (Å²) in [6, 6.07) is 0. The van der Waals surface area contributed by atoms with E-state index in [1.54, 1.807) is 34.6 Å². The van der Waals surface area contributed by atoms with Crippen LogP contribution < -0.4 is 5.32 Å². The number of alkyl carbamates (subject to hydrolysis) is 1. The molecule has 0 heterocycles. The Hall–Kier alpha value is -0.840. The van der Waals surface area contributed by atoms with E-state index in [1.807, 2.05) is 0 Å². The van der Waals surface area contributed by atoms with E-state index in [1.165, 1.54) is 6.08 Å². The lowest BCUT2D eigenvalue weighted by Gasteiger charge is -2.26. The number of carbonyl (C=O) groups excluding carboxylic acids is 1. The van der Waals surface area contributed by atoms with Crippen LogP contribution in [-0.4, -0.2) is 30.7 Å². The Balaban J connectivity index is 4.84. The molecule has 0 aliphatic carbocycles. The SMILES string of the molecule is C=C[C@@H](NC(=O)OC(C)(C)C)P(=O)(OCC)OCC. The van der Waals surface area contributed by atoms with Gasteiger partial charge in [0.2, 0.25) is 0 Å². The molecule has 1 N–H and O–H groups in total. The van der Waals surface area contributed by atoms with E-state index in [2.05, 4.69) is 11.9 Å². The number of hydrogen-bond acceptors (Lipinski definition) is 5. The second-order valence-electron chi connectivity index (χ2n) is 4.70. The molecule has 0 bridgehead atoms. The maximum absolute atomic E-state index is 12.5. The fourth-order valence-electron chi connectivity index (χ4n) is 1.25. The average Bonchev–Trinajstić information content (AvgIpc) is 2.23. The number of hydrogen-bond donors (Lipinski definition) is 1. The van der Waals surface area contributed by atoms with Crippen LogP contribution >= 0.6 is 7.60 Å². The van der Waals surface area contributed by atoms with Gasteiger partial charge >= 0.3 is 13.7 Å². The molecule has 0 radical (unpaired) electrons. The minimum Gasteiger partial charge on any atom is -0.444 e. The molecule has 19 heavy (non-hydrogen) atoms. The topological polar surface area (TPSA) is 73.9 Å². The molecule has 0 aromatic rings. The first kappa shape index (κ1) is 18.2. The van der Waals surface area contributed by atoms with E-state index in [0.29, 0.717) is 0 Å². The Labute approximate surface area is 115 Å². The van der Waals surface area contributed by atoms with Crippen molar-refractivity contribution < 1.29 is 23.1 Å². The predicted octanol–water partition coefficient (Wildman–Crippen LogP) is 3.29. The van der Waals surface area contributed by atoms with Gasteiger partial charge in [0.15, 0.2) is 5.78 Å². The lowest BCUT2D eigenvalue weighted by atomic mass is 10.2. The Bertz CT molecular complexity index is 341. The first-order chi connectivity index (χ1) is 8.68. The predicted molar refractivity (Wildman–Crippen MR) is 74.2 cm³/mol. The van der Waals surface area contributed by atoms with E-state index in [9.17, 15) is 9.36 Å². The average molecular weight is 293 g/mol. The lowest BCUT2D eigenvalue weighted by molar-refractivity contribution is 0.0518. The molecule has 1 atom stereocenters. The molecule has 0 aliphatic heterocycles. The van der Waals surface area contributed by atoms with Crippen molar-refractivity contribution in [3.8, 4) is 0 Å². The monoisotopic (exact) mass is 293 g/mol. The van der Waals surface area contributed by atoms with Crippen molar-refractivity contribution in [2.75, 3.05) is 13.2 Å². The maximum Gasteiger partial charge on any atom is 0.408 e. The maximum atomic E-state index is 12.5. The summed E-state index contributed by atoms with van der Waals surface area (Å²) in [5, 5.41) is 2.44. The van der Waals surface area contributed by atoms with Gasteiger partial charge in [0.1, 0.15) is 5.60 Å². The third kappa shape index (κ3) is 6.76. The van der Waals surface area contributed by atoms with Gasteiger partial charge in [-0.05, 0) is 34.6 Å². The van der Waals surface area contributed by atoms with E-state index in [4.69, 9.17) is 13.8 Å². The molecule has 0 aliphatic rings. The molecular formula is C12H24NO5P. The van der Waals surface area contributed by atoms with Gasteiger partial charge in [0, 0.05) is 0 Å². The highest BCUT2D eigenvalue weighted by Crippen LogP contribution is 2.52. The second kappa shape index (κ2) is 7.68. The lowest BCUT2D eigenvalue weighted by Crippen LogP contribution is -2.38. The minimum atomic E-state index is -3.48. The quantitative estimate of drug-likeness (QED) is 0.576. The van der Waals surface area contributed by atoms with Gasteiger partial charge in [-0.2, -0.15) is 0 Å². The van der Waals surface area contributed by atoms with Crippen LogP contribution in [-0.2, 0) is 18.3 Å². The van der Waals surface area contributed by atoms with Crippen LogP contribution in [0, 0.1) is 0 Å². The number of nitrogens with one attached hydrogen (secondary N) is 1. The molecule has 7 heteroatoms. The highest BCUT2D eigenvalue weighted by Gasteiger charge is 2.35. The van der Waals surface area contributed by atoms with Crippen LogP contribution in [0.25, 0.3) is 0 Å². The summed E-state index contributed by atoms with van der Waals surface area (Å²) in [7, 11) is -3.48. The first-order valence-corrected chi connectivity index (χ1v) is 7.80. The van der Waals surface area contributed by atoms with Crippen molar-refractivity contribution in [2.45, 2.75) is 46.0 Å².